The maximum absolute atomic E-state index is 3.77. The maximum atomic E-state index is 3.77. The first kappa shape index (κ1) is 7.74. The van der Waals surface area contributed by atoms with Gasteiger partial charge in [-0.05, 0) is 26.2 Å². The molecule has 0 aromatic rings. The van der Waals surface area contributed by atoms with Crippen LogP contribution in [0.5, 0.6) is 0 Å². The van der Waals surface area contributed by atoms with Crippen LogP contribution in [0.15, 0.2) is 11.6 Å². The van der Waals surface area contributed by atoms with Gasteiger partial charge in [-0.2, -0.15) is 0 Å². The first-order valence-electron chi connectivity index (χ1n) is 3.26. The van der Waals surface area contributed by atoms with E-state index < -0.39 is 0 Å². The lowest BCUT2D eigenvalue weighted by molar-refractivity contribution is 0.959. The molecule has 0 amide bonds. The third kappa shape index (κ3) is 3.91. The minimum Gasteiger partial charge on any atom is -0.0859 e. The van der Waals surface area contributed by atoms with Crippen molar-refractivity contribution in [3.8, 4) is 0 Å². The van der Waals surface area contributed by atoms with E-state index in [1.807, 2.05) is 0 Å². The lowest BCUT2D eigenvalue weighted by Crippen LogP contribution is -1.72. The van der Waals surface area contributed by atoms with Crippen LogP contribution in [0.25, 0.3) is 0 Å². The van der Waals surface area contributed by atoms with Crippen molar-refractivity contribution < 1.29 is 0 Å². The second-order valence-corrected chi connectivity index (χ2v) is 2.06. The largest absolute Gasteiger partial charge is 0.0859 e. The van der Waals surface area contributed by atoms with Gasteiger partial charge in [0.1, 0.15) is 0 Å². The molecular formula is C8H15. The molecule has 0 atom stereocenters. The molecule has 0 saturated heterocycles. The van der Waals surface area contributed by atoms with Gasteiger partial charge in [0.25, 0.3) is 0 Å². The number of hydrogen-bond donors (Lipinski definition) is 0. The van der Waals surface area contributed by atoms with Crippen molar-refractivity contribution in [2.24, 2.45) is 0 Å². The van der Waals surface area contributed by atoms with Gasteiger partial charge in [0.2, 0.25) is 0 Å². The number of rotatable bonds is 3. The predicted octanol–water partition coefficient (Wildman–Crippen LogP) is 2.96. The summed E-state index contributed by atoms with van der Waals surface area (Å²) in [6, 6.07) is 0. The average molecular weight is 111 g/mol. The van der Waals surface area contributed by atoms with Gasteiger partial charge < -0.3 is 0 Å². The van der Waals surface area contributed by atoms with Crippen LogP contribution in [-0.2, 0) is 0 Å². The molecule has 0 unspecified atom stereocenters. The smallest absolute Gasteiger partial charge is 0.0323 e. The summed E-state index contributed by atoms with van der Waals surface area (Å²) in [7, 11) is 0. The van der Waals surface area contributed by atoms with Crippen molar-refractivity contribution in [2.45, 2.75) is 33.1 Å². The Kier molecular flexibility index (Phi) is 4.73. The van der Waals surface area contributed by atoms with Crippen LogP contribution in [0.2, 0.25) is 0 Å². The Balaban J connectivity index is 3.29. The molecule has 1 radical (unpaired) electrons. The summed E-state index contributed by atoms with van der Waals surface area (Å²) in [5.74, 6) is 0. The van der Waals surface area contributed by atoms with Crippen molar-refractivity contribution >= 4 is 0 Å². The summed E-state index contributed by atoms with van der Waals surface area (Å²) in [6.07, 6.45) is 5.60. The van der Waals surface area contributed by atoms with Gasteiger partial charge in [-0.3, -0.25) is 0 Å². The van der Waals surface area contributed by atoms with Gasteiger partial charge in [-0.25, -0.2) is 0 Å². The number of hydrogen-bond acceptors (Lipinski definition) is 0. The second-order valence-electron chi connectivity index (χ2n) is 2.06. The molecular weight excluding hydrogens is 96.1 g/mol. The third-order valence-electron chi connectivity index (χ3n) is 1.12. The standard InChI is InChI=1S/C8H15/c1-4-6-8(3)7-5-2/h7H,1,4-6H2,2-3H3. The molecule has 0 bridgehead atoms. The van der Waals surface area contributed by atoms with Gasteiger partial charge in [0.05, 0.1) is 0 Å². The molecule has 0 spiro atoms. The molecule has 0 heteroatoms. The normalized spacial score (nSPS) is 12.1. The van der Waals surface area contributed by atoms with E-state index in [9.17, 15) is 0 Å². The monoisotopic (exact) mass is 111 g/mol. The Morgan fingerprint density at radius 3 is 2.62 bits per heavy atom. The highest BCUT2D eigenvalue weighted by Gasteiger charge is 1.82. The van der Waals surface area contributed by atoms with Crippen LogP contribution in [0.1, 0.15) is 33.1 Å². The van der Waals surface area contributed by atoms with E-state index in [1.165, 1.54) is 5.57 Å². The van der Waals surface area contributed by atoms with Gasteiger partial charge in [-0.15, -0.1) is 0 Å². The fourth-order valence-electron chi connectivity index (χ4n) is 0.729. The molecule has 8 heavy (non-hydrogen) atoms. The Bertz CT molecular complexity index is 70.1. The van der Waals surface area contributed by atoms with Crippen molar-refractivity contribution in [2.75, 3.05) is 0 Å². The molecule has 0 nitrogen and oxygen atoms in total. The zero-order valence-corrected chi connectivity index (χ0v) is 5.91. The Labute approximate surface area is 52.6 Å². The van der Waals surface area contributed by atoms with E-state index in [-0.39, 0.29) is 0 Å². The molecule has 0 rings (SSSR count). The molecule has 0 aromatic carbocycles. The van der Waals surface area contributed by atoms with E-state index in [4.69, 9.17) is 0 Å². The van der Waals surface area contributed by atoms with Crippen LogP contribution < -0.4 is 0 Å². The highest BCUT2D eigenvalue weighted by Crippen LogP contribution is 2.02. The molecule has 0 aliphatic rings. The molecule has 0 aliphatic heterocycles. The maximum Gasteiger partial charge on any atom is -0.0323 e. The predicted molar refractivity (Wildman–Crippen MR) is 38.6 cm³/mol. The number of allylic oxidation sites excluding steroid dienone is 2. The average Bonchev–Trinajstić information content (AvgIpc) is 1.68. The lowest BCUT2D eigenvalue weighted by atomic mass is 10.1. The summed E-state index contributed by atoms with van der Waals surface area (Å²) in [5, 5.41) is 0. The Hall–Kier alpha value is -0.260. The van der Waals surface area contributed by atoms with Crippen LogP contribution in [0.4, 0.5) is 0 Å². The van der Waals surface area contributed by atoms with E-state index in [1.54, 1.807) is 0 Å². The molecule has 0 heterocycles. The Morgan fingerprint density at radius 2 is 2.25 bits per heavy atom. The lowest BCUT2D eigenvalue weighted by Gasteiger charge is -1.93. The van der Waals surface area contributed by atoms with E-state index in [0.29, 0.717) is 0 Å². The Morgan fingerprint density at radius 1 is 1.62 bits per heavy atom. The fraction of sp³-hybridized carbons (Fsp3) is 0.625. The van der Waals surface area contributed by atoms with Gasteiger partial charge in [0, 0.05) is 0 Å². The van der Waals surface area contributed by atoms with Crippen molar-refractivity contribution in [3.63, 3.8) is 0 Å². The van der Waals surface area contributed by atoms with Crippen LogP contribution in [0.3, 0.4) is 0 Å². The van der Waals surface area contributed by atoms with E-state index in [2.05, 4.69) is 26.8 Å². The topological polar surface area (TPSA) is 0 Å². The zero-order valence-electron chi connectivity index (χ0n) is 5.91. The van der Waals surface area contributed by atoms with E-state index in [0.717, 1.165) is 19.3 Å². The molecule has 0 fully saturated rings. The summed E-state index contributed by atoms with van der Waals surface area (Å²) >= 11 is 0. The second kappa shape index (κ2) is 4.89. The minimum atomic E-state index is 1.03. The SMILES string of the molecule is [CH2]CCC(C)=CCC. The molecule has 0 N–H and O–H groups in total. The fourth-order valence-corrected chi connectivity index (χ4v) is 0.729. The highest BCUT2D eigenvalue weighted by atomic mass is 13.9. The minimum absolute atomic E-state index is 1.03. The third-order valence-corrected chi connectivity index (χ3v) is 1.12. The summed E-state index contributed by atoms with van der Waals surface area (Å²) in [4.78, 5) is 0. The summed E-state index contributed by atoms with van der Waals surface area (Å²) in [6.45, 7) is 8.09. The van der Waals surface area contributed by atoms with Crippen LogP contribution in [-0.4, -0.2) is 0 Å². The van der Waals surface area contributed by atoms with Gasteiger partial charge >= 0.3 is 0 Å². The van der Waals surface area contributed by atoms with Crippen LogP contribution >= 0.6 is 0 Å². The van der Waals surface area contributed by atoms with Crippen molar-refractivity contribution in [1.29, 1.82) is 0 Å². The first-order chi connectivity index (χ1) is 3.81. The van der Waals surface area contributed by atoms with Crippen LogP contribution in [0, 0.1) is 6.92 Å². The molecule has 0 aromatic heterocycles. The zero-order chi connectivity index (χ0) is 6.41. The summed E-state index contributed by atoms with van der Waals surface area (Å²) in [5.41, 5.74) is 1.47. The van der Waals surface area contributed by atoms with Crippen molar-refractivity contribution in [1.82, 2.24) is 0 Å². The summed E-state index contributed by atoms with van der Waals surface area (Å²) < 4.78 is 0. The first-order valence-corrected chi connectivity index (χ1v) is 3.26. The van der Waals surface area contributed by atoms with Gasteiger partial charge in [0.15, 0.2) is 0 Å². The van der Waals surface area contributed by atoms with Crippen molar-refractivity contribution in [3.05, 3.63) is 18.6 Å². The van der Waals surface area contributed by atoms with Gasteiger partial charge in [-0.1, -0.05) is 25.5 Å². The highest BCUT2D eigenvalue weighted by molar-refractivity contribution is 4.96. The van der Waals surface area contributed by atoms with E-state index >= 15 is 0 Å². The molecule has 0 saturated carbocycles. The quantitative estimate of drug-likeness (QED) is 0.491. The molecule has 0 aliphatic carbocycles. The molecule has 47 valence electrons.